The van der Waals surface area contributed by atoms with Crippen molar-refractivity contribution in [1.82, 2.24) is 9.97 Å². The van der Waals surface area contributed by atoms with Gasteiger partial charge in [0.25, 0.3) is 5.91 Å². The molecule has 0 radical (unpaired) electrons. The first kappa shape index (κ1) is 12.8. The Hall–Kier alpha value is -1.60. The number of amides is 1. The van der Waals surface area contributed by atoms with Crippen LogP contribution in [-0.2, 0) is 0 Å². The summed E-state index contributed by atoms with van der Waals surface area (Å²) in [5, 5.41) is 1.21. The molecule has 0 bridgehead atoms. The van der Waals surface area contributed by atoms with Crippen LogP contribution in [0.1, 0.15) is 10.4 Å². The topological polar surface area (TPSA) is 94.9 Å². The zero-order valence-corrected chi connectivity index (χ0v) is 11.5. The number of nitrogens with zero attached hydrogens (tertiary/aromatic N) is 2. The van der Waals surface area contributed by atoms with Crippen LogP contribution in [0.4, 0.5) is 5.69 Å². The summed E-state index contributed by atoms with van der Waals surface area (Å²) < 4.78 is 0.882. The molecular weight excluding hydrogens is 316 g/mol. The Labute approximate surface area is 116 Å². The van der Waals surface area contributed by atoms with Gasteiger partial charge in [-0.25, -0.2) is 9.97 Å². The van der Waals surface area contributed by atoms with E-state index in [2.05, 4.69) is 25.9 Å². The smallest absolute Gasteiger partial charge is 0.251 e. The highest BCUT2D eigenvalue weighted by molar-refractivity contribution is 9.10. The maximum atomic E-state index is 11.3. The molecule has 0 aliphatic carbocycles. The second kappa shape index (κ2) is 5.36. The molecule has 5 nitrogen and oxygen atoms in total. The second-order valence-electron chi connectivity index (χ2n) is 3.40. The van der Waals surface area contributed by atoms with Crippen LogP contribution in [0.5, 0.6) is 0 Å². The quantitative estimate of drug-likeness (QED) is 0.901. The average molecular weight is 325 g/mol. The van der Waals surface area contributed by atoms with Gasteiger partial charge in [0.2, 0.25) is 0 Å². The normalized spacial score (nSPS) is 10.3. The minimum absolute atomic E-state index is 0.296. The standard InChI is InChI=1S/C11H9BrN4OS/c12-6-1-2-9(15-4-6)18-11-8(10(14)17)3-7(13)5-16-11/h1-5H,13H2,(H2,14,17). The highest BCUT2D eigenvalue weighted by atomic mass is 79.9. The lowest BCUT2D eigenvalue weighted by Gasteiger charge is -2.05. The Morgan fingerprint density at radius 2 is 2.06 bits per heavy atom. The van der Waals surface area contributed by atoms with Crippen molar-refractivity contribution in [3.05, 3.63) is 40.6 Å². The van der Waals surface area contributed by atoms with Crippen molar-refractivity contribution in [1.29, 1.82) is 0 Å². The maximum Gasteiger partial charge on any atom is 0.251 e. The molecule has 7 heteroatoms. The Morgan fingerprint density at radius 1 is 1.28 bits per heavy atom. The van der Waals surface area contributed by atoms with E-state index in [-0.39, 0.29) is 0 Å². The fourth-order valence-corrected chi connectivity index (χ4v) is 2.30. The van der Waals surface area contributed by atoms with Gasteiger partial charge in [0.05, 0.1) is 17.4 Å². The van der Waals surface area contributed by atoms with Crippen molar-refractivity contribution in [2.24, 2.45) is 5.73 Å². The Kier molecular flexibility index (Phi) is 3.83. The summed E-state index contributed by atoms with van der Waals surface area (Å²) in [4.78, 5) is 19.6. The zero-order valence-electron chi connectivity index (χ0n) is 9.13. The predicted octanol–water partition coefficient (Wildman–Crippen LogP) is 2.07. The molecule has 0 fully saturated rings. The first-order chi connectivity index (χ1) is 8.56. The fourth-order valence-electron chi connectivity index (χ4n) is 1.25. The average Bonchev–Trinajstić information content (AvgIpc) is 2.34. The highest BCUT2D eigenvalue weighted by Gasteiger charge is 2.12. The molecular formula is C11H9BrN4OS. The first-order valence-corrected chi connectivity index (χ1v) is 6.52. The largest absolute Gasteiger partial charge is 0.397 e. The molecule has 0 saturated carbocycles. The third-order valence-electron chi connectivity index (χ3n) is 2.04. The molecule has 1 amide bonds. The number of halogens is 1. The van der Waals surface area contributed by atoms with Crippen LogP contribution >= 0.6 is 27.7 Å². The molecule has 0 spiro atoms. The van der Waals surface area contributed by atoms with E-state index in [0.29, 0.717) is 16.3 Å². The summed E-state index contributed by atoms with van der Waals surface area (Å²) in [7, 11) is 0. The predicted molar refractivity (Wildman–Crippen MR) is 73.2 cm³/mol. The van der Waals surface area contributed by atoms with E-state index in [1.807, 2.05) is 12.1 Å². The third kappa shape index (κ3) is 2.99. The van der Waals surface area contributed by atoms with Gasteiger partial charge in [-0.1, -0.05) is 0 Å². The number of pyridine rings is 2. The van der Waals surface area contributed by atoms with Crippen LogP contribution in [0, 0.1) is 0 Å². The number of rotatable bonds is 3. The molecule has 2 aromatic heterocycles. The van der Waals surface area contributed by atoms with Crippen LogP contribution in [0.2, 0.25) is 0 Å². The number of hydrogen-bond acceptors (Lipinski definition) is 5. The lowest BCUT2D eigenvalue weighted by atomic mass is 10.2. The lowest BCUT2D eigenvalue weighted by molar-refractivity contribution is 0.0997. The molecule has 4 N–H and O–H groups in total. The van der Waals surface area contributed by atoms with Gasteiger partial charge < -0.3 is 11.5 Å². The number of nitrogen functional groups attached to an aromatic ring is 1. The van der Waals surface area contributed by atoms with Crippen molar-refractivity contribution < 1.29 is 4.79 Å². The number of anilines is 1. The van der Waals surface area contributed by atoms with Crippen molar-refractivity contribution in [3.63, 3.8) is 0 Å². The van der Waals surface area contributed by atoms with Gasteiger partial charge >= 0.3 is 0 Å². The molecule has 2 heterocycles. The summed E-state index contributed by atoms with van der Waals surface area (Å²) in [5.41, 5.74) is 11.6. The summed E-state index contributed by atoms with van der Waals surface area (Å²) in [6, 6.07) is 5.19. The molecule has 0 aliphatic rings. The Balaban J connectivity index is 2.34. The minimum Gasteiger partial charge on any atom is -0.397 e. The van der Waals surface area contributed by atoms with E-state index in [0.717, 1.165) is 9.50 Å². The SMILES string of the molecule is NC(=O)c1cc(N)cnc1Sc1ccc(Br)cn1. The monoisotopic (exact) mass is 324 g/mol. The molecule has 0 saturated heterocycles. The summed E-state index contributed by atoms with van der Waals surface area (Å²) in [6.07, 6.45) is 3.15. The van der Waals surface area contributed by atoms with Gasteiger partial charge in [0.1, 0.15) is 10.1 Å². The summed E-state index contributed by atoms with van der Waals surface area (Å²) in [5.74, 6) is -0.561. The minimum atomic E-state index is -0.561. The maximum absolute atomic E-state index is 11.3. The van der Waals surface area contributed by atoms with E-state index < -0.39 is 5.91 Å². The molecule has 0 aromatic carbocycles. The number of carbonyl (C=O) groups is 1. The molecule has 18 heavy (non-hydrogen) atoms. The van der Waals surface area contributed by atoms with Gasteiger partial charge in [-0.05, 0) is 45.9 Å². The third-order valence-corrected chi connectivity index (χ3v) is 3.48. The van der Waals surface area contributed by atoms with E-state index in [9.17, 15) is 4.79 Å². The van der Waals surface area contributed by atoms with E-state index in [1.54, 1.807) is 6.20 Å². The van der Waals surface area contributed by atoms with Crippen LogP contribution < -0.4 is 11.5 Å². The van der Waals surface area contributed by atoms with Gasteiger partial charge in [0.15, 0.2) is 0 Å². The molecule has 0 unspecified atom stereocenters. The van der Waals surface area contributed by atoms with Crippen LogP contribution in [0.25, 0.3) is 0 Å². The lowest BCUT2D eigenvalue weighted by Crippen LogP contribution is -2.13. The van der Waals surface area contributed by atoms with Crippen LogP contribution in [0.3, 0.4) is 0 Å². The number of carbonyl (C=O) groups excluding carboxylic acids is 1. The molecule has 92 valence electrons. The number of nitrogens with two attached hydrogens (primary N) is 2. The highest BCUT2D eigenvalue weighted by Crippen LogP contribution is 2.28. The molecule has 2 rings (SSSR count). The van der Waals surface area contributed by atoms with Crippen molar-refractivity contribution >= 4 is 39.3 Å². The van der Waals surface area contributed by atoms with Crippen molar-refractivity contribution in [2.45, 2.75) is 10.1 Å². The van der Waals surface area contributed by atoms with E-state index in [1.165, 1.54) is 24.0 Å². The zero-order chi connectivity index (χ0) is 13.1. The van der Waals surface area contributed by atoms with Gasteiger partial charge in [-0.2, -0.15) is 0 Å². The summed E-state index contributed by atoms with van der Waals surface area (Å²) >= 11 is 4.56. The molecule has 0 atom stereocenters. The van der Waals surface area contributed by atoms with Gasteiger partial charge in [-0.15, -0.1) is 0 Å². The number of hydrogen-bond donors (Lipinski definition) is 2. The van der Waals surface area contributed by atoms with Gasteiger partial charge in [0, 0.05) is 10.7 Å². The number of primary amides is 1. The Bertz CT molecular complexity index is 588. The van der Waals surface area contributed by atoms with E-state index in [4.69, 9.17) is 11.5 Å². The summed E-state index contributed by atoms with van der Waals surface area (Å²) in [6.45, 7) is 0. The molecule has 2 aromatic rings. The first-order valence-electron chi connectivity index (χ1n) is 4.91. The van der Waals surface area contributed by atoms with E-state index >= 15 is 0 Å². The van der Waals surface area contributed by atoms with Crippen LogP contribution in [0.15, 0.2) is 45.1 Å². The second-order valence-corrected chi connectivity index (χ2v) is 5.33. The Morgan fingerprint density at radius 3 is 2.67 bits per heavy atom. The molecule has 0 aliphatic heterocycles. The van der Waals surface area contributed by atoms with Gasteiger partial charge in [-0.3, -0.25) is 4.79 Å². The number of aromatic nitrogens is 2. The van der Waals surface area contributed by atoms with Crippen LogP contribution in [-0.4, -0.2) is 15.9 Å². The van der Waals surface area contributed by atoms with Crippen molar-refractivity contribution in [2.75, 3.05) is 5.73 Å². The van der Waals surface area contributed by atoms with Crippen molar-refractivity contribution in [3.8, 4) is 0 Å². The fraction of sp³-hybridized carbons (Fsp3) is 0.